The fourth-order valence-corrected chi connectivity index (χ4v) is 2.97. The van der Waals surface area contributed by atoms with Gasteiger partial charge in [0.05, 0.1) is 0 Å². The van der Waals surface area contributed by atoms with Crippen molar-refractivity contribution >= 4 is 16.9 Å². The van der Waals surface area contributed by atoms with E-state index in [9.17, 15) is 4.79 Å². The zero-order valence-corrected chi connectivity index (χ0v) is 11.4. The van der Waals surface area contributed by atoms with Crippen molar-refractivity contribution in [2.24, 2.45) is 0 Å². The molecule has 1 rings (SSSR count). The van der Waals surface area contributed by atoms with Gasteiger partial charge in [0.1, 0.15) is 0 Å². The van der Waals surface area contributed by atoms with E-state index in [1.54, 1.807) is 0 Å². The van der Waals surface area contributed by atoms with Gasteiger partial charge in [0.15, 0.2) is 0 Å². The molecule has 0 unspecified atom stereocenters. The van der Waals surface area contributed by atoms with Gasteiger partial charge in [-0.25, -0.2) is 0 Å². The summed E-state index contributed by atoms with van der Waals surface area (Å²) in [5.41, 5.74) is 4.34. The van der Waals surface area contributed by atoms with Crippen LogP contribution in [0.2, 0.25) is 0 Å². The summed E-state index contributed by atoms with van der Waals surface area (Å²) < 4.78 is 0. The van der Waals surface area contributed by atoms with Crippen LogP contribution in [0.15, 0.2) is 12.1 Å². The number of carbonyl (C=O) groups is 1. The minimum absolute atomic E-state index is 0.225. The Bertz CT molecular complexity index is 359. The Balaban J connectivity index is 2.83. The van der Waals surface area contributed by atoms with Gasteiger partial charge in [-0.15, -0.1) is 0 Å². The van der Waals surface area contributed by atoms with Crippen molar-refractivity contribution in [1.82, 2.24) is 0 Å². The van der Waals surface area contributed by atoms with Crippen LogP contribution in [0.3, 0.4) is 0 Å². The molecule has 1 aromatic carbocycles. The van der Waals surface area contributed by atoms with E-state index in [1.807, 2.05) is 13.8 Å². The summed E-state index contributed by atoms with van der Waals surface area (Å²) in [7, 11) is 0. The molecule has 0 aliphatic rings. The SMILES string of the molecule is CCCCSC(=O)c1c(C)cc(C)cc1C. The first-order chi connectivity index (χ1) is 7.56. The lowest BCUT2D eigenvalue weighted by molar-refractivity contribution is 0.108. The fraction of sp³-hybridized carbons (Fsp3) is 0.500. The summed E-state index contributed by atoms with van der Waals surface area (Å²) >= 11 is 1.45. The Labute approximate surface area is 103 Å². The lowest BCUT2D eigenvalue weighted by Gasteiger charge is -2.09. The quantitative estimate of drug-likeness (QED) is 0.726. The van der Waals surface area contributed by atoms with E-state index >= 15 is 0 Å². The van der Waals surface area contributed by atoms with E-state index < -0.39 is 0 Å². The second-order valence-electron chi connectivity index (χ2n) is 4.26. The molecule has 0 heterocycles. The van der Waals surface area contributed by atoms with Gasteiger partial charge in [-0.2, -0.15) is 0 Å². The smallest absolute Gasteiger partial charge is 0.219 e. The van der Waals surface area contributed by atoms with Crippen LogP contribution in [0, 0.1) is 20.8 Å². The second-order valence-corrected chi connectivity index (χ2v) is 5.33. The molecule has 0 saturated carbocycles. The summed E-state index contributed by atoms with van der Waals surface area (Å²) in [4.78, 5) is 12.0. The zero-order valence-electron chi connectivity index (χ0n) is 10.6. The normalized spacial score (nSPS) is 10.5. The third kappa shape index (κ3) is 3.38. The molecule has 0 N–H and O–H groups in total. The molecule has 16 heavy (non-hydrogen) atoms. The molecule has 0 amide bonds. The summed E-state index contributed by atoms with van der Waals surface area (Å²) in [5.74, 6) is 0.933. The number of rotatable bonds is 4. The number of carbonyl (C=O) groups excluding carboxylic acids is 1. The van der Waals surface area contributed by atoms with E-state index in [0.29, 0.717) is 0 Å². The van der Waals surface area contributed by atoms with Crippen LogP contribution in [-0.2, 0) is 0 Å². The molecule has 0 saturated heterocycles. The molecule has 0 aromatic heterocycles. The molecule has 2 heteroatoms. The Morgan fingerprint density at radius 3 is 2.25 bits per heavy atom. The van der Waals surface area contributed by atoms with E-state index in [4.69, 9.17) is 0 Å². The summed E-state index contributed by atoms with van der Waals surface area (Å²) in [6.45, 7) is 8.26. The Hall–Kier alpha value is -0.760. The predicted octanol–water partition coefficient (Wildman–Crippen LogP) is 4.29. The van der Waals surface area contributed by atoms with Gasteiger partial charge < -0.3 is 0 Å². The van der Waals surface area contributed by atoms with Crippen molar-refractivity contribution in [3.63, 3.8) is 0 Å². The third-order valence-corrected chi connectivity index (χ3v) is 3.57. The minimum Gasteiger partial charge on any atom is -0.282 e. The molecule has 0 radical (unpaired) electrons. The minimum atomic E-state index is 0.225. The standard InChI is InChI=1S/C14H20OS/c1-5-6-7-16-14(15)13-11(3)8-10(2)9-12(13)4/h8-9H,5-7H2,1-4H3. The highest BCUT2D eigenvalue weighted by atomic mass is 32.2. The molecule has 88 valence electrons. The first kappa shape index (κ1) is 13.3. The van der Waals surface area contributed by atoms with Crippen LogP contribution >= 0.6 is 11.8 Å². The van der Waals surface area contributed by atoms with Crippen LogP contribution < -0.4 is 0 Å². The monoisotopic (exact) mass is 236 g/mol. The first-order valence-electron chi connectivity index (χ1n) is 5.81. The van der Waals surface area contributed by atoms with E-state index in [2.05, 4.69) is 26.0 Å². The molecular formula is C14H20OS. The molecule has 0 aliphatic heterocycles. The zero-order chi connectivity index (χ0) is 12.1. The maximum atomic E-state index is 12.0. The van der Waals surface area contributed by atoms with Crippen molar-refractivity contribution in [1.29, 1.82) is 0 Å². The fourth-order valence-electron chi connectivity index (χ4n) is 1.88. The summed E-state index contributed by atoms with van der Waals surface area (Å²) in [6, 6.07) is 4.17. The maximum absolute atomic E-state index is 12.0. The lowest BCUT2D eigenvalue weighted by atomic mass is 10.0. The topological polar surface area (TPSA) is 17.1 Å². The highest BCUT2D eigenvalue weighted by Gasteiger charge is 2.12. The van der Waals surface area contributed by atoms with Crippen LogP contribution in [0.25, 0.3) is 0 Å². The van der Waals surface area contributed by atoms with Crippen molar-refractivity contribution in [2.45, 2.75) is 40.5 Å². The third-order valence-electron chi connectivity index (χ3n) is 2.61. The predicted molar refractivity (Wildman–Crippen MR) is 72.3 cm³/mol. The Morgan fingerprint density at radius 1 is 1.19 bits per heavy atom. The summed E-state index contributed by atoms with van der Waals surface area (Å²) in [5, 5.41) is 0.225. The van der Waals surface area contributed by atoms with Gasteiger partial charge in [-0.05, 0) is 38.3 Å². The number of hydrogen-bond donors (Lipinski definition) is 0. The maximum Gasteiger partial charge on any atom is 0.219 e. The molecule has 0 spiro atoms. The van der Waals surface area contributed by atoms with E-state index in [1.165, 1.54) is 17.3 Å². The Morgan fingerprint density at radius 2 is 1.75 bits per heavy atom. The molecular weight excluding hydrogens is 216 g/mol. The van der Waals surface area contributed by atoms with Gasteiger partial charge in [-0.3, -0.25) is 4.79 Å². The largest absolute Gasteiger partial charge is 0.282 e. The number of unbranched alkanes of at least 4 members (excludes halogenated alkanes) is 1. The molecule has 0 atom stereocenters. The first-order valence-corrected chi connectivity index (χ1v) is 6.79. The number of aryl methyl sites for hydroxylation is 3. The van der Waals surface area contributed by atoms with Crippen molar-refractivity contribution in [3.05, 3.63) is 34.4 Å². The lowest BCUT2D eigenvalue weighted by Crippen LogP contribution is -2.02. The highest BCUT2D eigenvalue weighted by molar-refractivity contribution is 8.14. The molecule has 0 bridgehead atoms. The average molecular weight is 236 g/mol. The van der Waals surface area contributed by atoms with Crippen LogP contribution in [0.4, 0.5) is 0 Å². The average Bonchev–Trinajstić information content (AvgIpc) is 2.16. The van der Waals surface area contributed by atoms with Gasteiger partial charge in [-0.1, -0.05) is 42.8 Å². The number of benzene rings is 1. The van der Waals surface area contributed by atoms with Gasteiger partial charge in [0.2, 0.25) is 5.12 Å². The summed E-state index contributed by atoms with van der Waals surface area (Å²) in [6.07, 6.45) is 2.26. The van der Waals surface area contributed by atoms with Gasteiger partial charge in [0.25, 0.3) is 0 Å². The van der Waals surface area contributed by atoms with Gasteiger partial charge in [0, 0.05) is 11.3 Å². The van der Waals surface area contributed by atoms with Gasteiger partial charge >= 0.3 is 0 Å². The van der Waals surface area contributed by atoms with Crippen LogP contribution in [0.5, 0.6) is 0 Å². The second kappa shape index (κ2) is 6.09. The van der Waals surface area contributed by atoms with Crippen LogP contribution in [-0.4, -0.2) is 10.9 Å². The van der Waals surface area contributed by atoms with E-state index in [0.717, 1.165) is 35.3 Å². The molecule has 0 aliphatic carbocycles. The van der Waals surface area contributed by atoms with Crippen molar-refractivity contribution in [2.75, 3.05) is 5.75 Å². The van der Waals surface area contributed by atoms with E-state index in [-0.39, 0.29) is 5.12 Å². The molecule has 1 aromatic rings. The number of thioether (sulfide) groups is 1. The Kier molecular flexibility index (Phi) is 5.07. The molecule has 1 nitrogen and oxygen atoms in total. The highest BCUT2D eigenvalue weighted by Crippen LogP contribution is 2.22. The number of hydrogen-bond acceptors (Lipinski definition) is 2. The van der Waals surface area contributed by atoms with Crippen LogP contribution in [0.1, 0.15) is 46.8 Å². The van der Waals surface area contributed by atoms with Crippen molar-refractivity contribution in [3.8, 4) is 0 Å². The van der Waals surface area contributed by atoms with Crippen molar-refractivity contribution < 1.29 is 4.79 Å². The molecule has 0 fully saturated rings.